The third kappa shape index (κ3) is 11.5. The molecule has 0 N–H and O–H groups in total. The van der Waals surface area contributed by atoms with Crippen LogP contribution in [-0.4, -0.2) is 0 Å². The second-order valence-electron chi connectivity index (χ2n) is 21.7. The van der Waals surface area contributed by atoms with E-state index < -0.39 is 0 Å². The van der Waals surface area contributed by atoms with Crippen LogP contribution in [0.25, 0.3) is 68.8 Å². The van der Waals surface area contributed by atoms with Crippen LogP contribution in [0.5, 0.6) is 0 Å². The molecule has 0 atom stereocenters. The summed E-state index contributed by atoms with van der Waals surface area (Å²) in [6, 6.07) is 106. The molecule has 84 heavy (non-hydrogen) atoms. The van der Waals surface area contributed by atoms with E-state index in [2.05, 4.69) is 363 Å². The second kappa shape index (κ2) is 23.8. The lowest BCUT2D eigenvalue weighted by Crippen LogP contribution is -2.10. The van der Waals surface area contributed by atoms with Gasteiger partial charge in [0.2, 0.25) is 0 Å². The molecule has 0 aliphatic carbocycles. The van der Waals surface area contributed by atoms with Gasteiger partial charge in [-0.05, 0) is 196 Å². The highest BCUT2D eigenvalue weighted by Gasteiger charge is 2.21. The Morgan fingerprint density at radius 2 is 0.369 bits per heavy atom. The summed E-state index contributed by atoms with van der Waals surface area (Å²) in [6.45, 7) is 6.37. The summed E-state index contributed by atoms with van der Waals surface area (Å²) in [5, 5.41) is 7.05. The van der Waals surface area contributed by atoms with Gasteiger partial charge in [0.1, 0.15) is 0 Å². The van der Waals surface area contributed by atoms with Crippen LogP contribution >= 0.6 is 0 Å². The minimum atomic E-state index is 1.07. The van der Waals surface area contributed by atoms with Crippen molar-refractivity contribution in [2.24, 2.45) is 0 Å². The Labute approximate surface area is 493 Å². The van der Waals surface area contributed by atoms with Crippen molar-refractivity contribution >= 4 is 120 Å². The zero-order valence-electron chi connectivity index (χ0n) is 47.5. The van der Waals surface area contributed by atoms with Crippen molar-refractivity contribution in [3.63, 3.8) is 0 Å². The van der Waals surface area contributed by atoms with E-state index in [1.807, 2.05) is 0 Å². The summed E-state index contributed by atoms with van der Waals surface area (Å²) in [4.78, 5) is 7.13. The molecule has 402 valence electrons. The van der Waals surface area contributed by atoms with Crippen molar-refractivity contribution in [3.8, 4) is 0 Å². The maximum Gasteiger partial charge on any atom is 0.0468 e. The van der Waals surface area contributed by atoms with Gasteiger partial charge in [0, 0.05) is 51.2 Å². The van der Waals surface area contributed by atoms with E-state index >= 15 is 0 Å². The van der Waals surface area contributed by atoms with Crippen molar-refractivity contribution in [1.82, 2.24) is 0 Å². The molecule has 0 aromatic heterocycles. The highest BCUT2D eigenvalue weighted by molar-refractivity contribution is 6.27. The van der Waals surface area contributed by atoms with Crippen molar-refractivity contribution in [2.75, 3.05) is 14.7 Å². The lowest BCUT2D eigenvalue weighted by Gasteiger charge is -2.28. The molecule has 13 rings (SSSR count). The van der Waals surface area contributed by atoms with Crippen molar-refractivity contribution in [3.05, 3.63) is 341 Å². The zero-order valence-corrected chi connectivity index (χ0v) is 47.5. The summed E-state index contributed by atoms with van der Waals surface area (Å²) in [5.41, 5.74) is 20.4. The Morgan fingerprint density at radius 1 is 0.179 bits per heavy atom. The first-order valence-electron chi connectivity index (χ1n) is 28.9. The van der Waals surface area contributed by atoms with E-state index in [-0.39, 0.29) is 0 Å². The highest BCUT2D eigenvalue weighted by atomic mass is 15.2. The van der Waals surface area contributed by atoms with Gasteiger partial charge in [-0.3, -0.25) is 0 Å². The Morgan fingerprint density at radius 3 is 0.595 bits per heavy atom. The quantitative estimate of drug-likeness (QED) is 0.0748. The molecule has 3 heteroatoms. The minimum Gasteiger partial charge on any atom is -0.310 e. The molecule has 0 heterocycles. The number of nitrogens with zero attached hydrogens (tertiary/aromatic N) is 3. The van der Waals surface area contributed by atoms with E-state index in [9.17, 15) is 0 Å². The molecule has 0 saturated carbocycles. The average Bonchev–Trinajstić information content (AvgIpc) is 3.42. The molecule has 13 aromatic rings. The van der Waals surface area contributed by atoms with E-state index in [0.717, 1.165) is 67.9 Å². The molecular formula is C81H63N3. The topological polar surface area (TPSA) is 9.72 Å². The number of hydrogen-bond acceptors (Lipinski definition) is 3. The van der Waals surface area contributed by atoms with Crippen molar-refractivity contribution in [1.29, 1.82) is 0 Å². The Kier molecular flexibility index (Phi) is 14.9. The first kappa shape index (κ1) is 52.6. The molecule has 0 amide bonds. The van der Waals surface area contributed by atoms with Crippen LogP contribution in [0.4, 0.5) is 51.2 Å². The number of rotatable bonds is 15. The third-order valence-electron chi connectivity index (χ3n) is 15.8. The Balaban J connectivity index is 0.962. The molecule has 0 bridgehead atoms. The number of fused-ring (bicyclic) bond motifs is 6. The molecule has 3 nitrogen and oxygen atoms in total. The van der Waals surface area contributed by atoms with Gasteiger partial charge in [-0.2, -0.15) is 0 Å². The second-order valence-corrected chi connectivity index (χ2v) is 21.7. The fourth-order valence-electron chi connectivity index (χ4n) is 11.3. The molecule has 0 spiro atoms. The van der Waals surface area contributed by atoms with Crippen molar-refractivity contribution in [2.45, 2.75) is 20.8 Å². The maximum atomic E-state index is 2.40. The summed E-state index contributed by atoms with van der Waals surface area (Å²) >= 11 is 0. The predicted molar refractivity (Wildman–Crippen MR) is 363 cm³/mol. The fraction of sp³-hybridized carbons (Fsp3) is 0.0370. The van der Waals surface area contributed by atoms with Gasteiger partial charge >= 0.3 is 0 Å². The number of hydrogen-bond donors (Lipinski definition) is 0. The first-order chi connectivity index (χ1) is 41.3. The van der Waals surface area contributed by atoms with Crippen molar-refractivity contribution < 1.29 is 0 Å². The van der Waals surface area contributed by atoms with Crippen LogP contribution in [0.15, 0.2) is 291 Å². The van der Waals surface area contributed by atoms with E-state index in [1.165, 1.54) is 65.7 Å². The van der Waals surface area contributed by atoms with E-state index in [1.54, 1.807) is 0 Å². The molecule has 0 aliphatic rings. The molecule has 0 saturated heterocycles. The van der Waals surface area contributed by atoms with Crippen LogP contribution in [0, 0.1) is 20.8 Å². The number of benzene rings is 13. The fourth-order valence-corrected chi connectivity index (χ4v) is 11.3. The van der Waals surface area contributed by atoms with Gasteiger partial charge in [-0.15, -0.1) is 0 Å². The maximum absolute atomic E-state index is 2.40. The van der Waals surface area contributed by atoms with Crippen LogP contribution < -0.4 is 14.7 Å². The van der Waals surface area contributed by atoms with Gasteiger partial charge in [0.15, 0.2) is 0 Å². The highest BCUT2D eigenvalue weighted by Crippen LogP contribution is 2.46. The van der Waals surface area contributed by atoms with Crippen LogP contribution in [-0.2, 0) is 0 Å². The third-order valence-corrected chi connectivity index (χ3v) is 15.8. The normalized spacial score (nSPS) is 11.6. The van der Waals surface area contributed by atoms with E-state index in [4.69, 9.17) is 0 Å². The SMILES string of the molecule is Cc1ccc(C=Cc2ccc(N(c3ccccc3)c3ccc4c(c3)c3ccc(N(c5ccccc5)c5ccc(C=Cc6ccc(C)cc6)cc5)cc3c3ccc(N(c5ccccc5)c5ccc(C=Cc6ccc(C)cc6)cc5)cc43)cc2)cc1. The number of para-hydroxylation sites is 3. The van der Waals surface area contributed by atoms with Gasteiger partial charge in [0.25, 0.3) is 0 Å². The lowest BCUT2D eigenvalue weighted by atomic mass is 9.92. The largest absolute Gasteiger partial charge is 0.310 e. The average molecular weight is 1080 g/mol. The van der Waals surface area contributed by atoms with E-state index in [0.29, 0.717) is 0 Å². The monoisotopic (exact) mass is 1080 g/mol. The summed E-state index contributed by atoms with van der Waals surface area (Å²) in [6.07, 6.45) is 13.1. The predicted octanol–water partition coefficient (Wildman–Crippen LogP) is 23.0. The molecule has 0 aliphatic heterocycles. The van der Waals surface area contributed by atoms with Crippen LogP contribution in [0.3, 0.4) is 0 Å². The van der Waals surface area contributed by atoms with Gasteiger partial charge in [-0.1, -0.05) is 235 Å². The number of aryl methyl sites for hydroxylation is 3. The van der Waals surface area contributed by atoms with Gasteiger partial charge in [-0.25, -0.2) is 0 Å². The number of anilines is 9. The molecule has 0 fully saturated rings. The van der Waals surface area contributed by atoms with Crippen LogP contribution in [0.2, 0.25) is 0 Å². The molecule has 0 radical (unpaired) electrons. The molecule has 13 aromatic carbocycles. The summed E-state index contributed by atoms with van der Waals surface area (Å²) in [7, 11) is 0. The lowest BCUT2D eigenvalue weighted by molar-refractivity contribution is 1.28. The first-order valence-corrected chi connectivity index (χ1v) is 28.9. The molecular weight excluding hydrogens is 1010 g/mol. The summed E-state index contributed by atoms with van der Waals surface area (Å²) in [5.74, 6) is 0. The summed E-state index contributed by atoms with van der Waals surface area (Å²) < 4.78 is 0. The van der Waals surface area contributed by atoms with Gasteiger partial charge < -0.3 is 14.7 Å². The smallest absolute Gasteiger partial charge is 0.0468 e. The Hall–Kier alpha value is -10.7. The standard InChI is InChI=1S/C81H63N3/c1-58-19-25-61(26-20-58)31-34-64-37-43-70(44-38-64)82(67-13-7-4-8-14-67)73-49-52-76-79(55-73)77-53-50-74(83(68-15-9-5-10-16-68)71-45-39-65(40-46-71)35-32-62-27-21-59(2)22-28-62)57-81(77)78-54-51-75(56-80(76)78)84(69-17-11-6-12-18-69)72-47-41-66(42-48-72)36-33-63-29-23-60(3)24-30-63/h4-57H,1-3H3. The van der Waals surface area contributed by atoms with Crippen LogP contribution in [0.1, 0.15) is 50.1 Å². The minimum absolute atomic E-state index is 1.07. The molecule has 0 unspecified atom stereocenters. The van der Waals surface area contributed by atoms with Gasteiger partial charge in [0.05, 0.1) is 0 Å². The Bertz CT molecular complexity index is 3990. The zero-order chi connectivity index (χ0) is 56.8.